The lowest BCUT2D eigenvalue weighted by molar-refractivity contribution is -0.141. The fourth-order valence-corrected chi connectivity index (χ4v) is 13.5. The summed E-state index contributed by atoms with van der Waals surface area (Å²) in [4.78, 5) is 163. The van der Waals surface area contributed by atoms with Gasteiger partial charge < -0.3 is 114 Å². The van der Waals surface area contributed by atoms with Crippen molar-refractivity contribution in [2.24, 2.45) is 27.5 Å². The van der Waals surface area contributed by atoms with Crippen molar-refractivity contribution < 1.29 is 84.3 Å². The third-order valence-corrected chi connectivity index (χ3v) is 20.9. The maximum absolute atomic E-state index is 13.1. The van der Waals surface area contributed by atoms with Gasteiger partial charge in [-0.3, -0.25) is 4.79 Å². The van der Waals surface area contributed by atoms with Gasteiger partial charge in [0.2, 0.25) is 56.9 Å². The smallest absolute Gasteiger partial charge is 0.425 e. The number of carbonyl (C=O) groups excluding carboxylic acids is 6. The Morgan fingerprint density at radius 3 is 1.10 bits per heavy atom. The van der Waals surface area contributed by atoms with E-state index in [2.05, 4.69) is 236 Å². The molecule has 5 amide bonds. The number of halogens is 6. The molecule has 0 aliphatic carbocycles. The molecule has 0 atom stereocenters. The normalized spacial score (nSPS) is 12.6. The fraction of sp³-hybridized carbons (Fsp3) is 0.388. The number of nitrogen functional groups attached to an aromatic ring is 6. The predicted octanol–water partition coefficient (Wildman–Crippen LogP) is 8.80. The molecule has 0 radical (unpaired) electrons. The van der Waals surface area contributed by atoms with Gasteiger partial charge in [0.25, 0.3) is 5.91 Å². The van der Waals surface area contributed by atoms with Gasteiger partial charge in [0.15, 0.2) is 104 Å². The van der Waals surface area contributed by atoms with Crippen molar-refractivity contribution in [3.05, 3.63) is 124 Å². The number of anilines is 10. The second-order valence-corrected chi connectivity index (χ2v) is 40.2. The van der Waals surface area contributed by atoms with Gasteiger partial charge in [-0.1, -0.05) is 30.9 Å². The number of oxime groups is 2. The van der Waals surface area contributed by atoms with Crippen molar-refractivity contribution in [2.45, 2.75) is 147 Å². The molecule has 67 heteroatoms. The Kier molecular flexibility index (Phi) is 43.0. The number of nitrogens with one attached hydrogen (secondary N) is 1. The highest BCUT2D eigenvalue weighted by Crippen LogP contribution is 2.34. The fourth-order valence-electron chi connectivity index (χ4n) is 10.7. The average Bonchev–Trinajstić information content (AvgIpc) is 1.68. The predicted molar refractivity (Wildman–Crippen MR) is 548 cm³/mol. The molecule has 14 heterocycles. The maximum atomic E-state index is 13.1. The van der Waals surface area contributed by atoms with Crippen LogP contribution in [0.2, 0.25) is 0 Å². The number of amides is 5. The van der Waals surface area contributed by atoms with Crippen molar-refractivity contribution in [1.29, 1.82) is 5.26 Å². The molecule has 20 N–H and O–H groups in total. The summed E-state index contributed by atoms with van der Waals surface area (Å²) in [7, 11) is -3.16. The summed E-state index contributed by atoms with van der Waals surface area (Å²) in [6, 6.07) is 1.81. The summed E-state index contributed by atoms with van der Waals surface area (Å²) in [5.74, 6) is 2.60. The average molecular weight is 2450 g/mol. The zero-order valence-corrected chi connectivity index (χ0v) is 91.9. The number of hydrogen-bond donors (Lipinski definition) is 11. The highest BCUT2D eigenvalue weighted by atomic mass is 79.9. The van der Waals surface area contributed by atoms with Crippen LogP contribution >= 0.6 is 95.6 Å². The van der Waals surface area contributed by atoms with Crippen LogP contribution in [0.3, 0.4) is 0 Å². The molecular formula is C80H100Br6N42O18S. The summed E-state index contributed by atoms with van der Waals surface area (Å²) in [5.41, 5.74) is 46.5. The number of nitriles is 1. The van der Waals surface area contributed by atoms with Gasteiger partial charge in [0.1, 0.15) is 67.7 Å². The Hall–Kier alpha value is -15.0. The molecule has 14 rings (SSSR count). The number of piperazine rings is 2. The Bertz CT molecular complexity index is 6800. The zero-order chi connectivity index (χ0) is 110. The van der Waals surface area contributed by atoms with Gasteiger partial charge in [-0.15, -0.1) is 0 Å². The van der Waals surface area contributed by atoms with E-state index in [1.807, 2.05) is 15.9 Å². The first kappa shape index (κ1) is 119. The van der Waals surface area contributed by atoms with E-state index in [9.17, 15) is 37.2 Å². The van der Waals surface area contributed by atoms with Crippen LogP contribution in [0.25, 0.3) is 46.1 Å². The maximum Gasteiger partial charge on any atom is 0.425 e. The second kappa shape index (κ2) is 53.2. The van der Waals surface area contributed by atoms with Gasteiger partial charge in [0, 0.05) is 87.0 Å². The lowest BCUT2D eigenvalue weighted by Crippen LogP contribution is -2.49. The minimum absolute atomic E-state index is 0.0145. The minimum Gasteiger partial charge on any atom is -0.443 e. The summed E-state index contributed by atoms with van der Waals surface area (Å²) in [6.45, 7) is 34.6. The minimum atomic E-state index is -3.16. The number of ether oxygens (including phenoxy) is 4. The second-order valence-electron chi connectivity index (χ2n) is 33.0. The largest absolute Gasteiger partial charge is 0.443 e. The van der Waals surface area contributed by atoms with Crippen molar-refractivity contribution in [2.75, 3.05) is 112 Å². The molecule has 2 saturated heterocycles. The first-order valence-corrected chi connectivity index (χ1v) is 48.6. The van der Waals surface area contributed by atoms with Crippen LogP contribution in [0.5, 0.6) is 0 Å². The quantitative estimate of drug-likeness (QED) is 0.0121. The lowest BCUT2D eigenvalue weighted by Gasteiger charge is -2.34. The number of primary amides is 1. The lowest BCUT2D eigenvalue weighted by atomic mass is 10.2. The first-order chi connectivity index (χ1) is 68.7. The van der Waals surface area contributed by atoms with E-state index in [1.54, 1.807) is 124 Å². The van der Waals surface area contributed by atoms with E-state index >= 15 is 0 Å². The highest BCUT2D eigenvalue weighted by Gasteiger charge is 2.40. The van der Waals surface area contributed by atoms with Crippen molar-refractivity contribution in [3.63, 3.8) is 0 Å². The third kappa shape index (κ3) is 37.5. The molecule has 2 aliphatic rings. The molecule has 0 saturated carbocycles. The molecule has 147 heavy (non-hydrogen) atoms. The number of hydrogen-bond acceptors (Lipinski definition) is 54. The highest BCUT2D eigenvalue weighted by molar-refractivity contribution is 9.11. The molecule has 0 unspecified atom stereocenters. The topological polar surface area (TPSA) is 876 Å². The van der Waals surface area contributed by atoms with E-state index in [-0.39, 0.29) is 121 Å². The van der Waals surface area contributed by atoms with E-state index in [4.69, 9.17) is 99.1 Å². The van der Waals surface area contributed by atoms with Crippen LogP contribution < -0.4 is 76.5 Å². The van der Waals surface area contributed by atoms with Gasteiger partial charge in [-0.2, -0.15) is 39.3 Å². The summed E-state index contributed by atoms with van der Waals surface area (Å²) >= 11 is 18.6. The number of nitrogens with zero attached hydrogens (tertiary/aromatic N) is 32. The van der Waals surface area contributed by atoms with Crippen molar-refractivity contribution in [1.82, 2.24) is 130 Å². The molecule has 12 aromatic heterocycles. The van der Waals surface area contributed by atoms with E-state index in [1.165, 1.54) is 54.6 Å². The van der Waals surface area contributed by atoms with Crippen LogP contribution in [0, 0.1) is 39.0 Å². The van der Waals surface area contributed by atoms with Gasteiger partial charge in [-0.25, -0.2) is 112 Å². The molecule has 2 fully saturated rings. The van der Waals surface area contributed by atoms with Crippen LogP contribution in [-0.4, -0.2) is 267 Å². The Labute approximate surface area is 887 Å². The molecule has 0 bridgehead atoms. The van der Waals surface area contributed by atoms with Crippen LogP contribution in [0.15, 0.2) is 106 Å². The molecule has 0 aromatic carbocycles. The number of aryl methyl sites for hydroxylation is 4. The van der Waals surface area contributed by atoms with Gasteiger partial charge in [0.05, 0.1) is 55.3 Å². The molecule has 2 aliphatic heterocycles. The zero-order valence-electron chi connectivity index (χ0n) is 81.6. The Balaban J connectivity index is 0.000000235. The monoisotopic (exact) mass is 2440 g/mol. The number of rotatable bonds is 14. The first-order valence-electron chi connectivity index (χ1n) is 42.2. The van der Waals surface area contributed by atoms with Crippen LogP contribution in [0.1, 0.15) is 148 Å². The van der Waals surface area contributed by atoms with E-state index < -0.39 is 68.7 Å². The van der Waals surface area contributed by atoms with Crippen LogP contribution in [-0.2, 0) is 38.6 Å². The summed E-state index contributed by atoms with van der Waals surface area (Å²) < 4.78 is 69.6. The molecule has 60 nitrogen and oxygen atoms in total. The van der Waals surface area contributed by atoms with Crippen molar-refractivity contribution in [3.8, 4) is 52.1 Å². The Morgan fingerprint density at radius 2 is 0.741 bits per heavy atom. The van der Waals surface area contributed by atoms with E-state index in [0.29, 0.717) is 110 Å². The number of aromatic nitrogens is 24. The number of amidine groups is 2. The van der Waals surface area contributed by atoms with Gasteiger partial charge in [-0.05, 0) is 186 Å². The third-order valence-electron chi connectivity index (χ3n) is 16.8. The number of imide groups is 2. The summed E-state index contributed by atoms with van der Waals surface area (Å²) in [6.07, 6.45) is 7.71. The number of sulfonamides is 1. The van der Waals surface area contributed by atoms with Crippen LogP contribution in [0.4, 0.5) is 77.4 Å². The Morgan fingerprint density at radius 1 is 0.435 bits per heavy atom. The van der Waals surface area contributed by atoms with E-state index in [0.717, 1.165) is 26.2 Å². The standard InChI is InChI=1S/C21H31N7O5.C17H22BrN5O5.C13H19N7O3S.C7H8BrN5O2.C7H6BrN5O.C5H6BrN5O.C5H5BrN4O.C5H3BrN4/c1-13-24-16(26-33-13)15-17(23-12-14(25-15)27-10-8-22-9-11-27)28(18(29)31-20(2,3)4)19(30)32-21(5,6)7;1-9-20-12(22-28-9)11-13(19-8-10(18)21-11)23(14(24)26-16(2,3)4)15(25)27-17(5,6)7;1-3-24(21,22)20-6-4-19(5-7-20)10-8-15-12(14)11(17-10)13-16-9(2)23-18-13;1-3(14)15-13-7(10)5-6(9)11-2-4(8)12-5;1-3-11-7(13-14-3)5-6(9)10-2-4(8)12-5;6-2-1-9-4(7)3(10-2)5(8)11-12;6-2-1-9-4(7)3(10-2)5(8)11;6-4-2-9-5(8)3(1-7)10-4/h12,22H,8-11H2,1-7H3;8H,1-7H3;8H,3-7H2,1-2H3,(H2,14,15);2H,1H3,(H2,9,11)(H2,10,13);2H,1H3,(H2,9,10);1,12H,(H2,7,9)(H2,8,11);1H,(H2,7,9)(H2,8,11);2H,(H2,8,9). The molecule has 786 valence electrons. The van der Waals surface area contributed by atoms with Gasteiger partial charge >= 0.3 is 30.3 Å². The molecule has 12 aromatic rings. The SMILES string of the molecule is CC(=O)O/N=C(/N)c1nc(Br)cnc1N.CCS(=O)(=O)N1CCN(c2cnc(N)c(-c3noc(C)n3)n2)CC1.Cc1nc(-c2nc(Br)cnc2N(C(=O)OC(C)(C)C)C(=O)OC(C)(C)C)no1.Cc1nc(-c2nc(Br)cnc2N)no1.Cc1nc(-c2nc(N3CCNCC3)cnc2N(C(=O)OC(C)(C)C)C(=O)OC(C)(C)C)no1.N#Cc1nc(Br)cnc1N.N/C(=N/O)c1nc(Br)cnc1N.NC(=O)c1nc(Br)cnc1N. The molecular weight excluding hydrogens is 2350 g/mol. The van der Waals surface area contributed by atoms with Crippen molar-refractivity contribution >= 4 is 212 Å². The molecule has 0 spiro atoms. The number of nitrogens with two attached hydrogens (primary N) is 9. The summed E-state index contributed by atoms with van der Waals surface area (Å²) in [5, 5.41) is 41.3. The number of carbonyl (C=O) groups is 6.